The Labute approximate surface area is 116 Å². The maximum atomic E-state index is 10.7. The van der Waals surface area contributed by atoms with E-state index in [0.29, 0.717) is 10.7 Å². The molecule has 0 aromatic carbocycles. The third-order valence-corrected chi connectivity index (χ3v) is 7.25. The molecule has 4 nitrogen and oxygen atoms in total. The molecule has 0 fully saturated rings. The Hall–Kier alpha value is 2.03. The second-order valence-corrected chi connectivity index (χ2v) is 8.51. The topological polar surface area (TPSA) is 66.8 Å². The monoisotopic (exact) mass is 480 g/mol. The average molecular weight is 484 g/mol. The van der Waals surface area contributed by atoms with Crippen molar-refractivity contribution in [2.45, 2.75) is 10.3 Å². The molecule has 0 radical (unpaired) electrons. The molecule has 0 saturated heterocycles. The predicted octanol–water partition coefficient (Wildman–Crippen LogP) is 3.34. The van der Waals surface area contributed by atoms with Crippen molar-refractivity contribution in [2.24, 2.45) is 5.41 Å². The fourth-order valence-corrected chi connectivity index (χ4v) is 5.89. The third kappa shape index (κ3) is 4.49. The predicted molar refractivity (Wildman–Crippen MR) is 69.4 cm³/mol. The Balaban J connectivity index is 4.84. The fraction of sp³-hybridized carbons (Fsp3) is 1.00. The van der Waals surface area contributed by atoms with E-state index in [9.17, 15) is 4.57 Å². The molecule has 0 heterocycles. The van der Waals surface area contributed by atoms with Crippen LogP contribution in [0.1, 0.15) is 6.92 Å². The summed E-state index contributed by atoms with van der Waals surface area (Å²) in [6.45, 7) is 1.79. The molecule has 0 saturated carbocycles. The van der Waals surface area contributed by atoms with Crippen molar-refractivity contribution in [1.82, 2.24) is 0 Å². The minimum Gasteiger partial charge on any atom is -0.303 e. The van der Waals surface area contributed by atoms with Gasteiger partial charge in [-0.2, -0.15) is 0 Å². The molecule has 0 atom stereocenters. The van der Waals surface area contributed by atoms with Crippen LogP contribution < -0.4 is 0 Å². The number of rotatable bonds is 5. The highest BCUT2D eigenvalue weighted by Crippen LogP contribution is 2.55. The zero-order valence-corrected chi connectivity index (χ0v) is 14.3. The van der Waals surface area contributed by atoms with Crippen LogP contribution in [0, 0.1) is 5.41 Å². The van der Waals surface area contributed by atoms with Gasteiger partial charge in [-0.15, -0.1) is 0 Å². The first-order valence-electron chi connectivity index (χ1n) is 3.34. The summed E-state index contributed by atoms with van der Waals surface area (Å²) in [5.74, 6) is 0. The van der Waals surface area contributed by atoms with Crippen LogP contribution in [0.4, 0.5) is 0 Å². The van der Waals surface area contributed by atoms with E-state index in [-0.39, 0.29) is 0 Å². The lowest BCUT2D eigenvalue weighted by atomic mass is 9.98. The largest absolute Gasteiger partial charge is 0.471 e. The van der Waals surface area contributed by atoms with Crippen molar-refractivity contribution in [3.05, 3.63) is 0 Å². The fourth-order valence-electron chi connectivity index (χ4n) is 0.451. The lowest BCUT2D eigenvalue weighted by molar-refractivity contribution is 0.107. The summed E-state index contributed by atoms with van der Waals surface area (Å²) in [5.41, 5.74) is -0.561. The van der Waals surface area contributed by atoms with Gasteiger partial charge >= 0.3 is 7.82 Å². The van der Waals surface area contributed by atoms with Crippen LogP contribution in [0.25, 0.3) is 0 Å². The SMILES string of the molecule is CC(CBr)(CBr)C(Br)(Br)OP(=O)(O)O. The van der Waals surface area contributed by atoms with Crippen LogP contribution in [0.5, 0.6) is 0 Å². The van der Waals surface area contributed by atoms with Gasteiger partial charge in [-0.1, -0.05) is 38.8 Å². The van der Waals surface area contributed by atoms with Gasteiger partial charge in [0.25, 0.3) is 0 Å². The second kappa shape index (κ2) is 5.58. The summed E-state index contributed by atoms with van der Waals surface area (Å²) in [5, 5.41) is 0.976. The molecular formula is C5H9Br4O4P. The van der Waals surface area contributed by atoms with Crippen molar-refractivity contribution >= 4 is 71.5 Å². The Morgan fingerprint density at radius 3 is 1.86 bits per heavy atom. The maximum Gasteiger partial charge on any atom is 0.471 e. The van der Waals surface area contributed by atoms with Crippen LogP contribution in [-0.2, 0) is 9.09 Å². The minimum absolute atomic E-state index is 0.488. The number of phosphoric ester groups is 1. The van der Waals surface area contributed by atoms with E-state index < -0.39 is 16.7 Å². The van der Waals surface area contributed by atoms with Crippen LogP contribution in [0.3, 0.4) is 0 Å². The number of hydrogen-bond donors (Lipinski definition) is 2. The molecule has 0 aliphatic heterocycles. The first-order valence-corrected chi connectivity index (χ1v) is 8.70. The van der Waals surface area contributed by atoms with E-state index in [1.54, 1.807) is 6.92 Å². The molecule has 0 spiro atoms. The van der Waals surface area contributed by atoms with Gasteiger partial charge in [0, 0.05) is 16.1 Å². The average Bonchev–Trinajstić information content (AvgIpc) is 1.98. The summed E-state index contributed by atoms with van der Waals surface area (Å²) < 4.78 is 14.0. The molecule has 9 heteroatoms. The van der Waals surface area contributed by atoms with Crippen molar-refractivity contribution in [3.63, 3.8) is 0 Å². The molecule has 0 aromatic rings. The summed E-state index contributed by atoms with van der Waals surface area (Å²) >= 11 is 12.7. The molecule has 0 rings (SSSR count). The summed E-state index contributed by atoms with van der Waals surface area (Å²) in [7, 11) is -4.55. The molecule has 0 aliphatic rings. The lowest BCUT2D eigenvalue weighted by Crippen LogP contribution is -2.40. The maximum absolute atomic E-state index is 10.7. The summed E-state index contributed by atoms with van der Waals surface area (Å²) in [4.78, 5) is 17.4. The highest BCUT2D eigenvalue weighted by molar-refractivity contribution is 9.25. The first-order chi connectivity index (χ1) is 6.08. The van der Waals surface area contributed by atoms with E-state index in [1.807, 2.05) is 0 Å². The van der Waals surface area contributed by atoms with Gasteiger partial charge in [-0.3, -0.25) is 4.52 Å². The molecule has 14 heavy (non-hydrogen) atoms. The van der Waals surface area contributed by atoms with E-state index in [0.717, 1.165) is 0 Å². The molecule has 0 amide bonds. The van der Waals surface area contributed by atoms with Crippen LogP contribution in [0.2, 0.25) is 0 Å². The zero-order chi connectivity index (χ0) is 11.6. The molecule has 2 N–H and O–H groups in total. The number of phosphoric acid groups is 1. The Morgan fingerprint density at radius 2 is 1.64 bits per heavy atom. The van der Waals surface area contributed by atoms with E-state index in [1.165, 1.54) is 0 Å². The molecule has 0 unspecified atom stereocenters. The molecule has 86 valence electrons. The van der Waals surface area contributed by atoms with E-state index in [2.05, 4.69) is 68.2 Å². The van der Waals surface area contributed by atoms with Crippen LogP contribution in [-0.4, -0.2) is 23.9 Å². The molecule has 0 aromatic heterocycles. The Kier molecular flexibility index (Phi) is 6.39. The standard InChI is InChI=1S/C5H9Br4O4P/c1-4(2-6,3-7)5(8,9)13-14(10,11)12/h2-3H2,1H3,(H2,10,11,12). The number of alkyl halides is 4. The van der Waals surface area contributed by atoms with Gasteiger partial charge in [-0.25, -0.2) is 4.57 Å². The van der Waals surface area contributed by atoms with E-state index in [4.69, 9.17) is 9.79 Å². The number of hydrogen-bond acceptors (Lipinski definition) is 2. The Morgan fingerprint density at radius 1 is 1.29 bits per heavy atom. The summed E-state index contributed by atoms with van der Waals surface area (Å²) in [6, 6.07) is 0. The van der Waals surface area contributed by atoms with Crippen molar-refractivity contribution in [1.29, 1.82) is 0 Å². The van der Waals surface area contributed by atoms with Gasteiger partial charge in [0.05, 0.1) is 0 Å². The Bertz CT molecular complexity index is 236. The first kappa shape index (κ1) is 16.0. The highest BCUT2D eigenvalue weighted by Gasteiger charge is 2.48. The zero-order valence-electron chi connectivity index (χ0n) is 7.08. The van der Waals surface area contributed by atoms with Gasteiger partial charge in [0.1, 0.15) is 0 Å². The normalized spacial score (nSPS) is 14.5. The summed E-state index contributed by atoms with van der Waals surface area (Å²) in [6.07, 6.45) is 0. The molecular weight excluding hydrogens is 475 g/mol. The van der Waals surface area contributed by atoms with Crippen molar-refractivity contribution in [2.75, 3.05) is 10.7 Å². The van der Waals surface area contributed by atoms with E-state index >= 15 is 0 Å². The smallest absolute Gasteiger partial charge is 0.303 e. The van der Waals surface area contributed by atoms with Crippen LogP contribution >= 0.6 is 71.5 Å². The second-order valence-electron chi connectivity index (χ2n) is 2.93. The highest BCUT2D eigenvalue weighted by atomic mass is 79.9. The molecule has 0 aliphatic carbocycles. The van der Waals surface area contributed by atoms with Crippen molar-refractivity contribution in [3.8, 4) is 0 Å². The third-order valence-electron chi connectivity index (χ3n) is 1.53. The van der Waals surface area contributed by atoms with Gasteiger partial charge in [-0.05, 0) is 31.9 Å². The lowest BCUT2D eigenvalue weighted by Gasteiger charge is -2.37. The van der Waals surface area contributed by atoms with Crippen LogP contribution in [0.15, 0.2) is 0 Å². The molecule has 0 bridgehead atoms. The number of halogens is 4. The minimum atomic E-state index is -4.55. The van der Waals surface area contributed by atoms with Gasteiger partial charge in [0.2, 0.25) is 0 Å². The van der Waals surface area contributed by atoms with Crippen molar-refractivity contribution < 1.29 is 18.9 Å². The van der Waals surface area contributed by atoms with Gasteiger partial charge in [0.15, 0.2) is 3.42 Å². The van der Waals surface area contributed by atoms with Gasteiger partial charge < -0.3 is 9.79 Å². The quantitative estimate of drug-likeness (QED) is 0.465.